The molecule has 0 aromatic heterocycles. The van der Waals surface area contributed by atoms with Crippen LogP contribution in [0.2, 0.25) is 0 Å². The number of rotatable bonds is 14. The van der Waals surface area contributed by atoms with E-state index < -0.39 is 22.6 Å². The zero-order valence-electron chi connectivity index (χ0n) is 35.2. The second-order valence-electron chi connectivity index (χ2n) is 19.3. The molecule has 61 heavy (non-hydrogen) atoms. The summed E-state index contributed by atoms with van der Waals surface area (Å²) in [4.78, 5) is 0. The van der Waals surface area contributed by atoms with E-state index in [-0.39, 0.29) is 0 Å². The largest absolute Gasteiger partial charge is 0.489 e. The van der Waals surface area contributed by atoms with Gasteiger partial charge in [0.05, 0.1) is 12.2 Å². The Labute approximate surface area is 362 Å². The van der Waals surface area contributed by atoms with Crippen LogP contribution >= 0.6 is 0 Å². The zero-order chi connectivity index (χ0) is 42.5. The summed E-state index contributed by atoms with van der Waals surface area (Å²) >= 11 is 0. The number of ether oxygens (including phenoxy) is 2. The first kappa shape index (κ1) is 43.8. The van der Waals surface area contributed by atoms with Gasteiger partial charge in [0.2, 0.25) is 0 Å². The fourth-order valence-corrected chi connectivity index (χ4v) is 12.6. The lowest BCUT2D eigenvalue weighted by molar-refractivity contribution is -0.0249. The highest BCUT2D eigenvalue weighted by molar-refractivity contribution is 7.79. The molecule has 2 atom stereocenters. The minimum absolute atomic E-state index is 0.300. The molecule has 8 bridgehead atoms. The summed E-state index contributed by atoms with van der Waals surface area (Å²) in [5.74, 6) is 7.25. The molecule has 4 aromatic carbocycles. The standard InChI is InChI=1S/2C25H31NO2.H2O4S/c2*27-24(16-26-25-13-19-10-20(14-25)12-21(11-19)15-25)22-6-8-23(9-7-22)28-17-18-4-2-1-3-5-18;1-5(2,3)4/h2*1-9,19-21,24,26-27H,10-17H2;(H2,1,2,3,4). The number of hydrogen-bond donors (Lipinski definition) is 6. The van der Waals surface area contributed by atoms with Crippen molar-refractivity contribution in [2.24, 2.45) is 35.5 Å². The first-order chi connectivity index (χ1) is 29.3. The second-order valence-corrected chi connectivity index (χ2v) is 20.2. The first-order valence-corrected chi connectivity index (χ1v) is 23.8. The van der Waals surface area contributed by atoms with E-state index in [0.717, 1.165) is 69.3 Å². The van der Waals surface area contributed by atoms with Crippen LogP contribution in [0.3, 0.4) is 0 Å². The molecule has 0 spiro atoms. The lowest BCUT2D eigenvalue weighted by Crippen LogP contribution is -2.59. The highest BCUT2D eigenvalue weighted by Crippen LogP contribution is 2.56. The van der Waals surface area contributed by atoms with E-state index in [0.29, 0.717) is 37.4 Å². The molecule has 8 aliphatic carbocycles. The summed E-state index contributed by atoms with van der Waals surface area (Å²) in [5, 5.41) is 29.0. The van der Waals surface area contributed by atoms with Crippen LogP contribution < -0.4 is 20.1 Å². The summed E-state index contributed by atoms with van der Waals surface area (Å²) < 4.78 is 43.3. The smallest absolute Gasteiger partial charge is 0.394 e. The molecule has 0 heterocycles. The van der Waals surface area contributed by atoms with Crippen molar-refractivity contribution in [1.29, 1.82) is 0 Å². The van der Waals surface area contributed by atoms with Crippen molar-refractivity contribution < 1.29 is 37.2 Å². The molecule has 0 aliphatic heterocycles. The van der Waals surface area contributed by atoms with Crippen LogP contribution in [0, 0.1) is 35.5 Å². The molecule has 0 amide bonds. The van der Waals surface area contributed by atoms with Crippen molar-refractivity contribution in [3.8, 4) is 11.5 Å². The van der Waals surface area contributed by atoms with Crippen molar-refractivity contribution in [1.82, 2.24) is 10.6 Å². The molecule has 8 fully saturated rings. The Morgan fingerprint density at radius 1 is 0.492 bits per heavy atom. The second kappa shape index (κ2) is 19.3. The summed E-state index contributed by atoms with van der Waals surface area (Å²) in [6, 6.07) is 36.2. The van der Waals surface area contributed by atoms with Crippen LogP contribution in [-0.2, 0) is 23.6 Å². The van der Waals surface area contributed by atoms with Gasteiger partial charge in [-0.25, -0.2) is 0 Å². The maximum Gasteiger partial charge on any atom is 0.394 e. The maximum atomic E-state index is 10.7. The monoisotopic (exact) mass is 852 g/mol. The third-order valence-electron chi connectivity index (χ3n) is 14.4. The van der Waals surface area contributed by atoms with Crippen molar-refractivity contribution in [2.75, 3.05) is 13.1 Å². The molecule has 10 nitrogen and oxygen atoms in total. The van der Waals surface area contributed by atoms with Crippen molar-refractivity contribution in [3.05, 3.63) is 131 Å². The van der Waals surface area contributed by atoms with Gasteiger partial charge in [0.25, 0.3) is 0 Å². The molecule has 0 saturated heterocycles. The van der Waals surface area contributed by atoms with Crippen LogP contribution in [0.4, 0.5) is 0 Å². The molecule has 8 saturated carbocycles. The first-order valence-electron chi connectivity index (χ1n) is 22.4. The van der Waals surface area contributed by atoms with Crippen LogP contribution in [0.25, 0.3) is 0 Å². The molecule has 2 unspecified atom stereocenters. The van der Waals surface area contributed by atoms with Gasteiger partial charge in [-0.1, -0.05) is 84.9 Å². The molecule has 11 heteroatoms. The molecule has 0 radical (unpaired) electrons. The average Bonchev–Trinajstić information content (AvgIpc) is 3.23. The van der Waals surface area contributed by atoms with Crippen LogP contribution in [-0.4, -0.2) is 51.9 Å². The molecule has 4 aromatic rings. The van der Waals surface area contributed by atoms with Gasteiger partial charge in [-0.2, -0.15) is 8.42 Å². The van der Waals surface area contributed by atoms with E-state index in [4.69, 9.17) is 27.0 Å². The lowest BCUT2D eigenvalue weighted by Gasteiger charge is -2.57. The Morgan fingerprint density at radius 2 is 0.770 bits per heavy atom. The van der Waals surface area contributed by atoms with Gasteiger partial charge in [0.1, 0.15) is 24.7 Å². The fraction of sp³-hybridized carbons (Fsp3) is 0.520. The van der Waals surface area contributed by atoms with Gasteiger partial charge in [-0.15, -0.1) is 0 Å². The van der Waals surface area contributed by atoms with Crippen molar-refractivity contribution in [2.45, 2.75) is 114 Å². The van der Waals surface area contributed by atoms with E-state index in [9.17, 15) is 10.2 Å². The third kappa shape index (κ3) is 12.2. The summed E-state index contributed by atoms with van der Waals surface area (Å²) in [7, 11) is -4.67. The molecule has 12 rings (SSSR count). The van der Waals surface area contributed by atoms with Crippen molar-refractivity contribution in [3.63, 3.8) is 0 Å². The Kier molecular flexibility index (Phi) is 13.9. The minimum Gasteiger partial charge on any atom is -0.489 e. The normalized spacial score (nSPS) is 30.0. The van der Waals surface area contributed by atoms with Crippen LogP contribution in [0.15, 0.2) is 109 Å². The molecule has 328 valence electrons. The zero-order valence-corrected chi connectivity index (χ0v) is 36.0. The van der Waals surface area contributed by atoms with Gasteiger partial charge >= 0.3 is 10.4 Å². The Balaban J connectivity index is 0.000000152. The Bertz CT molecular complexity index is 1880. The minimum atomic E-state index is -4.67. The lowest BCUT2D eigenvalue weighted by atomic mass is 9.53. The SMILES string of the molecule is O=S(=O)(O)O.OC(CNC12CC3CC(CC(C3)C1)C2)c1ccc(OCc2ccccc2)cc1.OC(CNC12CC3CC(CC(C3)C1)C2)c1ccc(OCc2ccccc2)cc1. The van der Waals surface area contributed by atoms with Gasteiger partial charge in [0.15, 0.2) is 0 Å². The predicted molar refractivity (Wildman–Crippen MR) is 236 cm³/mol. The summed E-state index contributed by atoms with van der Waals surface area (Å²) in [6.07, 6.45) is 15.7. The molecular weight excluding hydrogens is 789 g/mol. The van der Waals surface area contributed by atoms with Gasteiger partial charge in [-0.05, 0) is 159 Å². The van der Waals surface area contributed by atoms with Crippen LogP contribution in [0.1, 0.15) is 112 Å². The highest BCUT2D eigenvalue weighted by atomic mass is 32.3. The average molecular weight is 853 g/mol. The van der Waals surface area contributed by atoms with Gasteiger partial charge in [-0.3, -0.25) is 9.11 Å². The quantitative estimate of drug-likeness (QED) is 0.0677. The van der Waals surface area contributed by atoms with E-state index in [1.807, 2.05) is 84.9 Å². The van der Waals surface area contributed by atoms with Crippen LogP contribution in [0.5, 0.6) is 11.5 Å². The topological polar surface area (TPSA) is 158 Å². The maximum absolute atomic E-state index is 10.7. The Morgan fingerprint density at radius 3 is 1.05 bits per heavy atom. The number of benzene rings is 4. The molecule has 8 aliphatic rings. The molecular formula is C50H64N2O8S. The molecule has 6 N–H and O–H groups in total. The Hall–Kier alpha value is -3.81. The third-order valence-corrected chi connectivity index (χ3v) is 14.4. The number of hydrogen-bond acceptors (Lipinski definition) is 8. The van der Waals surface area contributed by atoms with Crippen molar-refractivity contribution >= 4 is 10.4 Å². The number of aliphatic hydroxyl groups is 2. The van der Waals surface area contributed by atoms with E-state index in [1.54, 1.807) is 0 Å². The fourth-order valence-electron chi connectivity index (χ4n) is 12.6. The van der Waals surface area contributed by atoms with Gasteiger partial charge < -0.3 is 30.3 Å². The number of nitrogens with one attached hydrogen (secondary N) is 2. The summed E-state index contributed by atoms with van der Waals surface area (Å²) in [6.45, 7) is 2.43. The number of β-amino-alcohol motifs (C(OH)–C–C–N with tert-alkyl or cyclic N) is 2. The predicted octanol–water partition coefficient (Wildman–Crippen LogP) is 9.06. The van der Waals surface area contributed by atoms with E-state index >= 15 is 0 Å². The van der Waals surface area contributed by atoms with Gasteiger partial charge in [0, 0.05) is 24.2 Å². The van der Waals surface area contributed by atoms with E-state index in [2.05, 4.69) is 34.9 Å². The number of aliphatic hydroxyl groups excluding tert-OH is 2. The summed E-state index contributed by atoms with van der Waals surface area (Å²) in [5.41, 5.74) is 4.84. The highest BCUT2D eigenvalue weighted by Gasteiger charge is 2.52. The van der Waals surface area contributed by atoms with E-state index in [1.165, 1.54) is 77.0 Å².